The SMILES string of the molecule is CCNc1nc(C(C)C)nc(OC(C)(C)C)c1C. The maximum Gasteiger partial charge on any atom is 0.222 e. The Labute approximate surface area is 110 Å². The predicted octanol–water partition coefficient (Wildman–Crippen LogP) is 3.52. The topological polar surface area (TPSA) is 47.0 Å². The number of aromatic nitrogens is 2. The number of nitrogens with one attached hydrogen (secondary N) is 1. The van der Waals surface area contributed by atoms with Crippen molar-refractivity contribution in [2.75, 3.05) is 11.9 Å². The molecule has 0 aliphatic heterocycles. The van der Waals surface area contributed by atoms with Crippen molar-refractivity contribution in [3.05, 3.63) is 11.4 Å². The third-order valence-electron chi connectivity index (χ3n) is 2.38. The molecule has 4 heteroatoms. The van der Waals surface area contributed by atoms with Gasteiger partial charge in [-0.15, -0.1) is 0 Å². The quantitative estimate of drug-likeness (QED) is 0.889. The fourth-order valence-corrected chi connectivity index (χ4v) is 1.50. The van der Waals surface area contributed by atoms with Crippen LogP contribution in [0.2, 0.25) is 0 Å². The van der Waals surface area contributed by atoms with E-state index in [9.17, 15) is 0 Å². The lowest BCUT2D eigenvalue weighted by molar-refractivity contribution is 0.122. The highest BCUT2D eigenvalue weighted by atomic mass is 16.5. The third kappa shape index (κ3) is 3.86. The highest BCUT2D eigenvalue weighted by Crippen LogP contribution is 2.27. The van der Waals surface area contributed by atoms with Gasteiger partial charge in [-0.2, -0.15) is 4.98 Å². The third-order valence-corrected chi connectivity index (χ3v) is 2.38. The van der Waals surface area contributed by atoms with E-state index >= 15 is 0 Å². The summed E-state index contributed by atoms with van der Waals surface area (Å²) in [6.07, 6.45) is 0. The first-order valence-electron chi connectivity index (χ1n) is 6.56. The molecule has 4 nitrogen and oxygen atoms in total. The number of anilines is 1. The first-order valence-corrected chi connectivity index (χ1v) is 6.56. The highest BCUT2D eigenvalue weighted by molar-refractivity contribution is 5.48. The Kier molecular flexibility index (Phi) is 4.54. The molecular formula is C14H25N3O. The molecule has 1 heterocycles. The first kappa shape index (κ1) is 14.7. The molecule has 1 aromatic rings. The van der Waals surface area contributed by atoms with Crippen molar-refractivity contribution in [1.82, 2.24) is 9.97 Å². The second kappa shape index (κ2) is 5.55. The van der Waals surface area contributed by atoms with Crippen LogP contribution in [0.4, 0.5) is 5.82 Å². The van der Waals surface area contributed by atoms with E-state index < -0.39 is 0 Å². The molecule has 0 saturated heterocycles. The molecule has 0 aromatic carbocycles. The summed E-state index contributed by atoms with van der Waals surface area (Å²) in [4.78, 5) is 9.08. The minimum Gasteiger partial charge on any atom is -0.472 e. The summed E-state index contributed by atoms with van der Waals surface area (Å²) in [6.45, 7) is 15.1. The van der Waals surface area contributed by atoms with Gasteiger partial charge >= 0.3 is 0 Å². The van der Waals surface area contributed by atoms with E-state index in [1.807, 2.05) is 27.7 Å². The molecule has 0 radical (unpaired) electrons. The summed E-state index contributed by atoms with van der Waals surface area (Å²) in [7, 11) is 0. The minimum atomic E-state index is -0.253. The van der Waals surface area contributed by atoms with E-state index in [4.69, 9.17) is 4.74 Å². The van der Waals surface area contributed by atoms with Gasteiger partial charge < -0.3 is 10.1 Å². The lowest BCUT2D eigenvalue weighted by Crippen LogP contribution is -2.25. The zero-order chi connectivity index (χ0) is 13.9. The minimum absolute atomic E-state index is 0.253. The maximum atomic E-state index is 5.92. The van der Waals surface area contributed by atoms with Crippen LogP contribution in [0.5, 0.6) is 5.88 Å². The molecule has 0 fully saturated rings. The van der Waals surface area contributed by atoms with Gasteiger partial charge in [-0.25, -0.2) is 4.98 Å². The molecule has 18 heavy (non-hydrogen) atoms. The van der Waals surface area contributed by atoms with Crippen LogP contribution in [-0.4, -0.2) is 22.1 Å². The fraction of sp³-hybridized carbons (Fsp3) is 0.714. The summed E-state index contributed by atoms with van der Waals surface area (Å²) in [6, 6.07) is 0. The average molecular weight is 251 g/mol. The van der Waals surface area contributed by atoms with Gasteiger partial charge in [0.2, 0.25) is 5.88 Å². The van der Waals surface area contributed by atoms with Crippen molar-refractivity contribution in [3.63, 3.8) is 0 Å². The fourth-order valence-electron chi connectivity index (χ4n) is 1.50. The Morgan fingerprint density at radius 3 is 2.28 bits per heavy atom. The van der Waals surface area contributed by atoms with Crippen LogP contribution in [0.15, 0.2) is 0 Å². The molecule has 0 aliphatic carbocycles. The van der Waals surface area contributed by atoms with Crippen LogP contribution in [0.3, 0.4) is 0 Å². The monoisotopic (exact) mass is 251 g/mol. The Morgan fingerprint density at radius 1 is 1.22 bits per heavy atom. The molecule has 0 atom stereocenters. The molecule has 1 aromatic heterocycles. The van der Waals surface area contributed by atoms with Crippen molar-refractivity contribution in [3.8, 4) is 5.88 Å². The van der Waals surface area contributed by atoms with Crippen LogP contribution in [0.25, 0.3) is 0 Å². The molecule has 0 unspecified atom stereocenters. The van der Waals surface area contributed by atoms with Gasteiger partial charge in [0.15, 0.2) is 0 Å². The van der Waals surface area contributed by atoms with Crippen LogP contribution >= 0.6 is 0 Å². The molecule has 102 valence electrons. The summed E-state index contributed by atoms with van der Waals surface area (Å²) >= 11 is 0. The van der Waals surface area contributed by atoms with Gasteiger partial charge in [-0.3, -0.25) is 0 Å². The summed E-state index contributed by atoms with van der Waals surface area (Å²) in [5, 5.41) is 3.27. The Balaban J connectivity index is 3.22. The molecule has 1 rings (SSSR count). The van der Waals surface area contributed by atoms with Gasteiger partial charge in [0.1, 0.15) is 17.2 Å². The van der Waals surface area contributed by atoms with E-state index in [-0.39, 0.29) is 11.5 Å². The number of ether oxygens (including phenoxy) is 1. The second-order valence-electron chi connectivity index (χ2n) is 5.76. The Morgan fingerprint density at radius 2 is 1.83 bits per heavy atom. The second-order valence-corrected chi connectivity index (χ2v) is 5.76. The van der Waals surface area contributed by atoms with E-state index in [0.717, 1.165) is 23.8 Å². The first-order chi connectivity index (χ1) is 8.24. The summed E-state index contributed by atoms with van der Waals surface area (Å²) < 4.78 is 5.92. The molecule has 1 N–H and O–H groups in total. The van der Waals surface area contributed by atoms with Gasteiger partial charge in [0, 0.05) is 12.5 Å². The zero-order valence-corrected chi connectivity index (χ0v) is 12.6. The van der Waals surface area contributed by atoms with Crippen LogP contribution < -0.4 is 10.1 Å². The Bertz CT molecular complexity index is 408. The van der Waals surface area contributed by atoms with Crippen molar-refractivity contribution in [2.45, 2.75) is 60.0 Å². The highest BCUT2D eigenvalue weighted by Gasteiger charge is 2.19. The van der Waals surface area contributed by atoms with E-state index in [0.29, 0.717) is 5.88 Å². The number of hydrogen-bond acceptors (Lipinski definition) is 4. The molecule has 0 saturated carbocycles. The number of nitrogens with zero attached hydrogens (tertiary/aromatic N) is 2. The van der Waals surface area contributed by atoms with Crippen molar-refractivity contribution >= 4 is 5.82 Å². The lowest BCUT2D eigenvalue weighted by atomic mass is 10.2. The predicted molar refractivity (Wildman–Crippen MR) is 75.4 cm³/mol. The standard InChI is InChI=1S/C14H25N3O/c1-8-15-12-10(4)13(18-14(5,6)7)17-11(16-12)9(2)3/h9H,8H2,1-7H3,(H,15,16,17). The number of rotatable bonds is 4. The van der Waals surface area contributed by atoms with Gasteiger partial charge in [-0.05, 0) is 34.6 Å². The largest absolute Gasteiger partial charge is 0.472 e. The smallest absolute Gasteiger partial charge is 0.222 e. The molecule has 0 aliphatic rings. The summed E-state index contributed by atoms with van der Waals surface area (Å²) in [5.74, 6) is 2.65. The van der Waals surface area contributed by atoms with Crippen LogP contribution in [-0.2, 0) is 0 Å². The van der Waals surface area contributed by atoms with Crippen molar-refractivity contribution in [2.24, 2.45) is 0 Å². The van der Waals surface area contributed by atoms with E-state index in [1.54, 1.807) is 0 Å². The van der Waals surface area contributed by atoms with Crippen molar-refractivity contribution < 1.29 is 4.74 Å². The molecular weight excluding hydrogens is 226 g/mol. The van der Waals surface area contributed by atoms with Crippen LogP contribution in [0.1, 0.15) is 58.8 Å². The number of hydrogen-bond donors (Lipinski definition) is 1. The van der Waals surface area contributed by atoms with Gasteiger partial charge in [-0.1, -0.05) is 13.8 Å². The molecule has 0 spiro atoms. The Hall–Kier alpha value is -1.32. The van der Waals surface area contributed by atoms with E-state index in [1.165, 1.54) is 0 Å². The van der Waals surface area contributed by atoms with Crippen molar-refractivity contribution in [1.29, 1.82) is 0 Å². The normalized spacial score (nSPS) is 11.8. The van der Waals surface area contributed by atoms with Crippen LogP contribution in [0, 0.1) is 6.92 Å². The maximum absolute atomic E-state index is 5.92. The van der Waals surface area contributed by atoms with Gasteiger partial charge in [0.05, 0.1) is 5.56 Å². The average Bonchev–Trinajstić information content (AvgIpc) is 2.21. The molecule has 0 amide bonds. The lowest BCUT2D eigenvalue weighted by Gasteiger charge is -2.23. The summed E-state index contributed by atoms with van der Waals surface area (Å²) in [5.41, 5.74) is 0.716. The zero-order valence-electron chi connectivity index (χ0n) is 12.6. The van der Waals surface area contributed by atoms with Gasteiger partial charge in [0.25, 0.3) is 0 Å². The van der Waals surface area contributed by atoms with E-state index in [2.05, 4.69) is 36.1 Å². The molecule has 0 bridgehead atoms.